The second kappa shape index (κ2) is 7.28. The van der Waals surface area contributed by atoms with Crippen molar-refractivity contribution in [2.75, 3.05) is 13.2 Å². The Labute approximate surface area is 133 Å². The maximum Gasteiger partial charge on any atom is 0.230 e. The minimum absolute atomic E-state index is 0.191. The van der Waals surface area contributed by atoms with E-state index in [9.17, 15) is 4.79 Å². The van der Waals surface area contributed by atoms with Crippen LogP contribution in [-0.2, 0) is 14.9 Å². The fourth-order valence-corrected chi connectivity index (χ4v) is 3.45. The summed E-state index contributed by atoms with van der Waals surface area (Å²) in [5.41, 5.74) is 0.914. The number of ether oxygens (including phenoxy) is 1. The molecule has 0 saturated heterocycles. The lowest BCUT2D eigenvalue weighted by Gasteiger charge is -2.22. The van der Waals surface area contributed by atoms with Crippen LogP contribution in [0, 0.1) is 0 Å². The van der Waals surface area contributed by atoms with Gasteiger partial charge in [-0.05, 0) is 37.7 Å². The van der Waals surface area contributed by atoms with Gasteiger partial charge in [0, 0.05) is 13.2 Å². The number of carbonyl (C=O) groups excluding carboxylic acids is 1. The molecular weight excluding hydrogens is 274 g/mol. The predicted molar refractivity (Wildman–Crippen MR) is 87.8 cm³/mol. The molecule has 3 nitrogen and oxygen atoms in total. The molecule has 2 aliphatic carbocycles. The van der Waals surface area contributed by atoms with Crippen LogP contribution < -0.4 is 5.32 Å². The maximum absolute atomic E-state index is 12.4. The molecular formula is C19H27NO2. The molecule has 2 aliphatic rings. The van der Waals surface area contributed by atoms with Crippen molar-refractivity contribution in [3.63, 3.8) is 0 Å². The summed E-state index contributed by atoms with van der Waals surface area (Å²) in [5, 5.41) is 3.10. The Balaban J connectivity index is 1.36. The van der Waals surface area contributed by atoms with E-state index >= 15 is 0 Å². The predicted octanol–water partition coefficient (Wildman–Crippen LogP) is 3.57. The molecule has 0 aliphatic heterocycles. The smallest absolute Gasteiger partial charge is 0.230 e. The molecule has 120 valence electrons. The second-order valence-corrected chi connectivity index (χ2v) is 6.69. The van der Waals surface area contributed by atoms with Crippen LogP contribution in [0.15, 0.2) is 30.3 Å². The maximum atomic E-state index is 12.4. The summed E-state index contributed by atoms with van der Waals surface area (Å²) in [5.74, 6) is 0.191. The molecule has 0 bridgehead atoms. The Bertz CT molecular complexity index is 475. The molecule has 0 atom stereocenters. The summed E-state index contributed by atoms with van der Waals surface area (Å²) in [6.07, 6.45) is 9.71. The number of amides is 1. The minimum Gasteiger partial charge on any atom is -0.378 e. The molecule has 3 heteroatoms. The first-order chi connectivity index (χ1) is 10.8. The Morgan fingerprint density at radius 1 is 1.14 bits per heavy atom. The normalized spacial score (nSPS) is 20.5. The van der Waals surface area contributed by atoms with E-state index in [0.717, 1.165) is 38.0 Å². The van der Waals surface area contributed by atoms with E-state index in [4.69, 9.17) is 4.74 Å². The molecule has 1 N–H and O–H groups in total. The molecule has 0 unspecified atom stereocenters. The van der Waals surface area contributed by atoms with Gasteiger partial charge < -0.3 is 10.1 Å². The summed E-state index contributed by atoms with van der Waals surface area (Å²) < 4.78 is 5.90. The van der Waals surface area contributed by atoms with E-state index < -0.39 is 0 Å². The van der Waals surface area contributed by atoms with Gasteiger partial charge in [-0.25, -0.2) is 0 Å². The van der Waals surface area contributed by atoms with E-state index in [2.05, 4.69) is 17.4 Å². The highest BCUT2D eigenvalue weighted by molar-refractivity contribution is 5.91. The molecule has 2 fully saturated rings. The van der Waals surface area contributed by atoms with E-state index in [1.807, 2.05) is 18.2 Å². The van der Waals surface area contributed by atoms with E-state index in [0.29, 0.717) is 6.10 Å². The van der Waals surface area contributed by atoms with Crippen molar-refractivity contribution >= 4 is 5.91 Å². The van der Waals surface area contributed by atoms with Gasteiger partial charge in [0.1, 0.15) is 0 Å². The van der Waals surface area contributed by atoms with Gasteiger partial charge in [0.05, 0.1) is 11.5 Å². The lowest BCUT2D eigenvalue weighted by atomic mass is 9.95. The highest BCUT2D eigenvalue weighted by Crippen LogP contribution is 2.48. The summed E-state index contributed by atoms with van der Waals surface area (Å²) in [6, 6.07) is 10.2. The molecule has 1 amide bonds. The van der Waals surface area contributed by atoms with Gasteiger partial charge in [-0.1, -0.05) is 49.6 Å². The number of hydrogen-bond acceptors (Lipinski definition) is 2. The number of carbonyl (C=O) groups is 1. The van der Waals surface area contributed by atoms with Crippen molar-refractivity contribution in [1.82, 2.24) is 5.32 Å². The number of rotatable bonds is 7. The average Bonchev–Trinajstić information content (AvgIpc) is 3.38. The Hall–Kier alpha value is -1.35. The quantitative estimate of drug-likeness (QED) is 0.782. The van der Waals surface area contributed by atoms with Gasteiger partial charge in [-0.3, -0.25) is 4.79 Å². The summed E-state index contributed by atoms with van der Waals surface area (Å²) in [7, 11) is 0. The van der Waals surface area contributed by atoms with Crippen LogP contribution in [0.3, 0.4) is 0 Å². The van der Waals surface area contributed by atoms with E-state index in [-0.39, 0.29) is 11.3 Å². The van der Waals surface area contributed by atoms with Crippen molar-refractivity contribution < 1.29 is 9.53 Å². The van der Waals surface area contributed by atoms with Crippen molar-refractivity contribution in [3.8, 4) is 0 Å². The molecule has 0 radical (unpaired) electrons. The van der Waals surface area contributed by atoms with Gasteiger partial charge in [-0.2, -0.15) is 0 Å². The van der Waals surface area contributed by atoms with Crippen molar-refractivity contribution in [2.45, 2.75) is 62.9 Å². The fourth-order valence-electron chi connectivity index (χ4n) is 3.45. The van der Waals surface area contributed by atoms with Gasteiger partial charge >= 0.3 is 0 Å². The molecule has 0 heterocycles. The van der Waals surface area contributed by atoms with Gasteiger partial charge in [-0.15, -0.1) is 0 Å². The van der Waals surface area contributed by atoms with Crippen LogP contribution in [0.4, 0.5) is 0 Å². The molecule has 1 aromatic rings. The largest absolute Gasteiger partial charge is 0.378 e. The first kappa shape index (κ1) is 15.5. The highest BCUT2D eigenvalue weighted by Gasteiger charge is 2.50. The molecule has 2 saturated carbocycles. The first-order valence-corrected chi connectivity index (χ1v) is 8.77. The van der Waals surface area contributed by atoms with E-state index in [1.165, 1.54) is 32.1 Å². The van der Waals surface area contributed by atoms with E-state index in [1.54, 1.807) is 0 Å². The van der Waals surface area contributed by atoms with Crippen LogP contribution in [0.1, 0.15) is 56.9 Å². The third-order valence-corrected chi connectivity index (χ3v) is 5.02. The molecule has 1 aromatic carbocycles. The van der Waals surface area contributed by atoms with Gasteiger partial charge in [0.15, 0.2) is 0 Å². The third-order valence-electron chi connectivity index (χ3n) is 5.02. The van der Waals surface area contributed by atoms with Crippen molar-refractivity contribution in [3.05, 3.63) is 35.9 Å². The van der Waals surface area contributed by atoms with Gasteiger partial charge in [0.25, 0.3) is 0 Å². The van der Waals surface area contributed by atoms with Crippen LogP contribution in [0.25, 0.3) is 0 Å². The van der Waals surface area contributed by atoms with Crippen molar-refractivity contribution in [1.29, 1.82) is 0 Å². The SMILES string of the molecule is O=C(NCCCOC1CCCCC1)C1(c2ccccc2)CC1. The Morgan fingerprint density at radius 3 is 2.55 bits per heavy atom. The topological polar surface area (TPSA) is 38.3 Å². The van der Waals surface area contributed by atoms with Crippen LogP contribution in [0.2, 0.25) is 0 Å². The van der Waals surface area contributed by atoms with Crippen LogP contribution >= 0.6 is 0 Å². The molecule has 22 heavy (non-hydrogen) atoms. The zero-order valence-corrected chi connectivity index (χ0v) is 13.4. The zero-order chi connectivity index (χ0) is 15.3. The van der Waals surface area contributed by atoms with Crippen molar-refractivity contribution in [2.24, 2.45) is 0 Å². The third kappa shape index (κ3) is 3.70. The molecule has 0 spiro atoms. The second-order valence-electron chi connectivity index (χ2n) is 6.69. The minimum atomic E-state index is -0.245. The first-order valence-electron chi connectivity index (χ1n) is 8.77. The van der Waals surface area contributed by atoms with Crippen LogP contribution in [-0.4, -0.2) is 25.2 Å². The summed E-state index contributed by atoms with van der Waals surface area (Å²) >= 11 is 0. The molecule has 0 aromatic heterocycles. The Morgan fingerprint density at radius 2 is 1.86 bits per heavy atom. The van der Waals surface area contributed by atoms with Crippen LogP contribution in [0.5, 0.6) is 0 Å². The standard InChI is InChI=1S/C19H27NO2/c21-18(19(12-13-19)16-8-3-1-4-9-16)20-14-7-15-22-17-10-5-2-6-11-17/h1,3-4,8-9,17H,2,5-7,10-15H2,(H,20,21). The zero-order valence-electron chi connectivity index (χ0n) is 13.4. The lowest BCUT2D eigenvalue weighted by Crippen LogP contribution is -2.35. The number of hydrogen-bond donors (Lipinski definition) is 1. The van der Waals surface area contributed by atoms with Gasteiger partial charge in [0.2, 0.25) is 5.91 Å². The summed E-state index contributed by atoms with van der Waals surface area (Å²) in [6.45, 7) is 1.49. The fraction of sp³-hybridized carbons (Fsp3) is 0.632. The average molecular weight is 301 g/mol. The Kier molecular flexibility index (Phi) is 5.14. The highest BCUT2D eigenvalue weighted by atomic mass is 16.5. The lowest BCUT2D eigenvalue weighted by molar-refractivity contribution is -0.123. The number of nitrogens with one attached hydrogen (secondary N) is 1. The monoisotopic (exact) mass is 301 g/mol. The molecule has 3 rings (SSSR count). The number of benzene rings is 1. The summed E-state index contributed by atoms with van der Waals surface area (Å²) in [4.78, 5) is 12.4.